The van der Waals surface area contributed by atoms with Crippen LogP contribution in [0.25, 0.3) is 5.69 Å². The Labute approximate surface area is 114 Å². The molecule has 0 saturated heterocycles. The molecule has 20 heavy (non-hydrogen) atoms. The quantitative estimate of drug-likeness (QED) is 0.848. The van der Waals surface area contributed by atoms with E-state index in [4.69, 9.17) is 5.11 Å². The predicted octanol–water partition coefficient (Wildman–Crippen LogP) is 0.901. The molecule has 106 valence electrons. The number of aromatic nitrogens is 4. The summed E-state index contributed by atoms with van der Waals surface area (Å²) >= 11 is 0. The Kier molecular flexibility index (Phi) is 4.36. The molecule has 1 aromatic carbocycles. The molecule has 0 aliphatic carbocycles. The van der Waals surface area contributed by atoms with Crippen LogP contribution < -0.4 is 5.32 Å². The monoisotopic (exact) mass is 279 g/mol. The third kappa shape index (κ3) is 3.58. The SMILES string of the molecule is CC(O)CCC(=O)Nc1cc(-n2cnnn2)ccc1F. The number of nitrogens with zero attached hydrogens (tertiary/aromatic N) is 4. The van der Waals surface area contributed by atoms with Gasteiger partial charge in [0.15, 0.2) is 0 Å². The normalized spacial score (nSPS) is 12.2. The topological polar surface area (TPSA) is 92.9 Å². The third-order valence-corrected chi connectivity index (χ3v) is 2.63. The highest BCUT2D eigenvalue weighted by Crippen LogP contribution is 2.18. The van der Waals surface area contributed by atoms with E-state index in [0.717, 1.165) is 0 Å². The van der Waals surface area contributed by atoms with E-state index >= 15 is 0 Å². The van der Waals surface area contributed by atoms with Crippen molar-refractivity contribution in [2.24, 2.45) is 0 Å². The molecule has 1 atom stereocenters. The summed E-state index contributed by atoms with van der Waals surface area (Å²) in [4.78, 5) is 11.6. The number of hydrogen-bond donors (Lipinski definition) is 2. The molecular formula is C12H14FN5O2. The van der Waals surface area contributed by atoms with E-state index in [-0.39, 0.29) is 18.0 Å². The second-order valence-corrected chi connectivity index (χ2v) is 4.35. The Hall–Kier alpha value is -2.35. The summed E-state index contributed by atoms with van der Waals surface area (Å²) in [7, 11) is 0. The maximum Gasteiger partial charge on any atom is 0.224 e. The first-order valence-corrected chi connectivity index (χ1v) is 6.07. The van der Waals surface area contributed by atoms with Gasteiger partial charge in [0.05, 0.1) is 17.5 Å². The summed E-state index contributed by atoms with van der Waals surface area (Å²) in [6.45, 7) is 1.59. The van der Waals surface area contributed by atoms with Gasteiger partial charge in [-0.15, -0.1) is 5.10 Å². The van der Waals surface area contributed by atoms with Gasteiger partial charge in [-0.05, 0) is 42.0 Å². The molecule has 7 nitrogen and oxygen atoms in total. The minimum atomic E-state index is -0.571. The highest BCUT2D eigenvalue weighted by atomic mass is 19.1. The zero-order valence-electron chi connectivity index (χ0n) is 10.8. The van der Waals surface area contributed by atoms with Crippen molar-refractivity contribution in [3.05, 3.63) is 30.3 Å². The van der Waals surface area contributed by atoms with E-state index in [1.807, 2.05) is 0 Å². The van der Waals surface area contributed by atoms with Crippen LogP contribution in [0.15, 0.2) is 24.5 Å². The molecule has 1 unspecified atom stereocenters. The number of aliphatic hydroxyl groups excluding tert-OH is 1. The standard InChI is InChI=1S/C12H14FN5O2/c1-8(19)2-5-12(20)15-11-6-9(3-4-10(11)13)18-7-14-16-17-18/h3-4,6-8,19H,2,5H2,1H3,(H,15,20). The number of benzene rings is 1. The summed E-state index contributed by atoms with van der Waals surface area (Å²) in [6, 6.07) is 4.16. The Bertz CT molecular complexity index is 586. The lowest BCUT2D eigenvalue weighted by Crippen LogP contribution is -2.15. The van der Waals surface area contributed by atoms with Gasteiger partial charge < -0.3 is 10.4 Å². The molecule has 2 aromatic rings. The van der Waals surface area contributed by atoms with Crippen LogP contribution in [0.2, 0.25) is 0 Å². The number of nitrogens with one attached hydrogen (secondary N) is 1. The summed E-state index contributed by atoms with van der Waals surface area (Å²) in [6.07, 6.45) is 1.23. The van der Waals surface area contributed by atoms with Gasteiger partial charge in [-0.25, -0.2) is 9.07 Å². The first-order valence-electron chi connectivity index (χ1n) is 6.07. The van der Waals surface area contributed by atoms with Crippen molar-refractivity contribution in [2.45, 2.75) is 25.9 Å². The maximum absolute atomic E-state index is 13.6. The van der Waals surface area contributed by atoms with Crippen LogP contribution in [-0.2, 0) is 4.79 Å². The van der Waals surface area contributed by atoms with Crippen molar-refractivity contribution in [1.29, 1.82) is 0 Å². The van der Waals surface area contributed by atoms with Gasteiger partial charge in [-0.3, -0.25) is 4.79 Å². The van der Waals surface area contributed by atoms with Gasteiger partial charge in [0.2, 0.25) is 5.91 Å². The van der Waals surface area contributed by atoms with Gasteiger partial charge >= 0.3 is 0 Å². The Morgan fingerprint density at radius 1 is 1.55 bits per heavy atom. The van der Waals surface area contributed by atoms with Crippen molar-refractivity contribution in [1.82, 2.24) is 20.2 Å². The van der Waals surface area contributed by atoms with Crippen LogP contribution in [-0.4, -0.2) is 37.3 Å². The average Bonchev–Trinajstić information content (AvgIpc) is 2.93. The van der Waals surface area contributed by atoms with Crippen molar-refractivity contribution in [2.75, 3.05) is 5.32 Å². The first kappa shape index (κ1) is 14.1. The molecule has 0 aliphatic rings. The van der Waals surface area contributed by atoms with Crippen LogP contribution in [0.5, 0.6) is 0 Å². The van der Waals surface area contributed by atoms with Crippen LogP contribution in [0.4, 0.5) is 10.1 Å². The maximum atomic E-state index is 13.6. The highest BCUT2D eigenvalue weighted by molar-refractivity contribution is 5.91. The smallest absolute Gasteiger partial charge is 0.224 e. The number of carbonyl (C=O) groups excluding carboxylic acids is 1. The second kappa shape index (κ2) is 6.20. The first-order chi connectivity index (χ1) is 9.56. The molecule has 2 rings (SSSR count). The number of tetrazole rings is 1. The van der Waals surface area contributed by atoms with E-state index in [1.54, 1.807) is 6.92 Å². The van der Waals surface area contributed by atoms with E-state index in [2.05, 4.69) is 20.8 Å². The summed E-state index contributed by atoms with van der Waals surface area (Å²) in [5.74, 6) is -0.911. The fourth-order valence-corrected chi connectivity index (χ4v) is 1.58. The number of carbonyl (C=O) groups is 1. The number of anilines is 1. The minimum absolute atomic E-state index is 0.0496. The second-order valence-electron chi connectivity index (χ2n) is 4.35. The summed E-state index contributed by atoms with van der Waals surface area (Å²) < 4.78 is 15.0. The molecule has 0 spiro atoms. The van der Waals surface area contributed by atoms with Crippen molar-refractivity contribution in [3.8, 4) is 5.69 Å². The molecule has 1 amide bonds. The number of rotatable bonds is 5. The predicted molar refractivity (Wildman–Crippen MR) is 68.7 cm³/mol. The number of hydrogen-bond acceptors (Lipinski definition) is 5. The van der Waals surface area contributed by atoms with Gasteiger partial charge in [0.1, 0.15) is 12.1 Å². The minimum Gasteiger partial charge on any atom is -0.393 e. The van der Waals surface area contributed by atoms with Gasteiger partial charge in [-0.2, -0.15) is 0 Å². The van der Waals surface area contributed by atoms with E-state index < -0.39 is 11.9 Å². The molecule has 0 saturated carbocycles. The Balaban J connectivity index is 2.11. The lowest BCUT2D eigenvalue weighted by molar-refractivity contribution is -0.116. The summed E-state index contributed by atoms with van der Waals surface area (Å²) in [5, 5.41) is 22.2. The van der Waals surface area contributed by atoms with Crippen molar-refractivity contribution < 1.29 is 14.3 Å². The Morgan fingerprint density at radius 2 is 2.35 bits per heavy atom. The van der Waals surface area contributed by atoms with E-state index in [9.17, 15) is 9.18 Å². The van der Waals surface area contributed by atoms with Crippen molar-refractivity contribution in [3.63, 3.8) is 0 Å². The molecule has 0 bridgehead atoms. The van der Waals surface area contributed by atoms with E-state index in [0.29, 0.717) is 12.1 Å². The van der Waals surface area contributed by atoms with Gasteiger partial charge in [-0.1, -0.05) is 0 Å². The van der Waals surface area contributed by atoms with Crippen LogP contribution in [0.1, 0.15) is 19.8 Å². The fraction of sp³-hybridized carbons (Fsp3) is 0.333. The molecule has 2 N–H and O–H groups in total. The fourth-order valence-electron chi connectivity index (χ4n) is 1.58. The zero-order chi connectivity index (χ0) is 14.5. The molecule has 0 aliphatic heterocycles. The van der Waals surface area contributed by atoms with Gasteiger partial charge in [0.25, 0.3) is 0 Å². The number of amides is 1. The van der Waals surface area contributed by atoms with Crippen LogP contribution in [0, 0.1) is 5.82 Å². The number of aliphatic hydroxyl groups is 1. The average molecular weight is 279 g/mol. The van der Waals surface area contributed by atoms with Crippen LogP contribution >= 0.6 is 0 Å². The van der Waals surface area contributed by atoms with Crippen molar-refractivity contribution >= 4 is 11.6 Å². The van der Waals surface area contributed by atoms with Crippen LogP contribution in [0.3, 0.4) is 0 Å². The lowest BCUT2D eigenvalue weighted by Gasteiger charge is -2.09. The molecule has 8 heteroatoms. The lowest BCUT2D eigenvalue weighted by atomic mass is 10.2. The van der Waals surface area contributed by atoms with Gasteiger partial charge in [0, 0.05) is 6.42 Å². The molecule has 0 fully saturated rings. The molecular weight excluding hydrogens is 265 g/mol. The zero-order valence-corrected chi connectivity index (χ0v) is 10.8. The molecule has 1 heterocycles. The van der Waals surface area contributed by atoms with E-state index in [1.165, 1.54) is 29.2 Å². The Morgan fingerprint density at radius 3 is 3.00 bits per heavy atom. The number of halogens is 1. The largest absolute Gasteiger partial charge is 0.393 e. The molecule has 1 aromatic heterocycles. The molecule has 0 radical (unpaired) electrons. The third-order valence-electron chi connectivity index (χ3n) is 2.63. The summed E-state index contributed by atoms with van der Waals surface area (Å²) in [5.41, 5.74) is 0.579. The highest BCUT2D eigenvalue weighted by Gasteiger charge is 2.10.